The van der Waals surface area contributed by atoms with Crippen LogP contribution in [-0.2, 0) is 0 Å². The number of hydrogen-bond acceptors (Lipinski definition) is 4. The number of nitrogens with two attached hydrogens (primary N) is 1. The van der Waals surface area contributed by atoms with Crippen LogP contribution in [0.3, 0.4) is 0 Å². The zero-order valence-electron chi connectivity index (χ0n) is 11.5. The number of aliphatic hydroxyl groups is 1. The zero-order valence-corrected chi connectivity index (χ0v) is 13.1. The van der Waals surface area contributed by atoms with E-state index in [0.717, 1.165) is 29.3 Å². The third-order valence-electron chi connectivity index (χ3n) is 4.00. The van der Waals surface area contributed by atoms with Crippen molar-refractivity contribution < 1.29 is 9.90 Å². The molecule has 0 saturated heterocycles. The van der Waals surface area contributed by atoms with Gasteiger partial charge in [-0.2, -0.15) is 0 Å². The van der Waals surface area contributed by atoms with E-state index in [4.69, 9.17) is 17.3 Å². The highest BCUT2D eigenvalue weighted by molar-refractivity contribution is 7.21. The van der Waals surface area contributed by atoms with Crippen molar-refractivity contribution in [2.24, 2.45) is 0 Å². The van der Waals surface area contributed by atoms with Gasteiger partial charge in [-0.25, -0.2) is 0 Å². The quantitative estimate of drug-likeness (QED) is 0.908. The number of aliphatic hydroxyl groups excluding tert-OH is 1. The minimum absolute atomic E-state index is 0.0289. The predicted molar refractivity (Wildman–Crippen MR) is 87.0 cm³/mol. The number of anilines is 1. The number of fused-ring (bicyclic) bond motifs is 1. The van der Waals surface area contributed by atoms with Gasteiger partial charge in [-0.3, -0.25) is 4.79 Å². The van der Waals surface area contributed by atoms with Crippen LogP contribution in [0.2, 0.25) is 5.02 Å². The second kappa shape index (κ2) is 5.83. The van der Waals surface area contributed by atoms with Gasteiger partial charge in [0.25, 0.3) is 5.91 Å². The fourth-order valence-electron chi connectivity index (χ4n) is 2.64. The van der Waals surface area contributed by atoms with Crippen LogP contribution in [0.15, 0.2) is 18.2 Å². The molecule has 0 aliphatic heterocycles. The normalized spacial score (nSPS) is 15.1. The molecule has 1 aromatic heterocycles. The van der Waals surface area contributed by atoms with Crippen molar-refractivity contribution in [2.75, 3.05) is 18.9 Å². The summed E-state index contributed by atoms with van der Waals surface area (Å²) in [6, 6.07) is 5.69. The van der Waals surface area contributed by atoms with E-state index in [0.29, 0.717) is 22.1 Å². The summed E-state index contributed by atoms with van der Waals surface area (Å²) in [5.74, 6) is -0.0800. The highest BCUT2D eigenvalue weighted by Gasteiger charge is 2.31. The van der Waals surface area contributed by atoms with Crippen molar-refractivity contribution in [3.05, 3.63) is 28.1 Å². The highest BCUT2D eigenvalue weighted by Crippen LogP contribution is 2.37. The maximum absolute atomic E-state index is 12.8. The molecule has 0 bridgehead atoms. The third-order valence-corrected chi connectivity index (χ3v) is 5.39. The molecule has 1 fully saturated rings. The Hall–Kier alpha value is -1.30. The monoisotopic (exact) mass is 324 g/mol. The number of hydrogen-bond donors (Lipinski definition) is 2. The van der Waals surface area contributed by atoms with Gasteiger partial charge in [0.2, 0.25) is 0 Å². The Balaban J connectivity index is 1.97. The van der Waals surface area contributed by atoms with Crippen molar-refractivity contribution in [1.29, 1.82) is 0 Å². The molecule has 3 rings (SSSR count). The lowest BCUT2D eigenvalue weighted by atomic mass is 9.91. The molecule has 0 spiro atoms. The van der Waals surface area contributed by atoms with Crippen LogP contribution in [0.1, 0.15) is 28.9 Å². The molecule has 6 heteroatoms. The lowest BCUT2D eigenvalue weighted by molar-refractivity contribution is 0.0531. The molecule has 1 heterocycles. The summed E-state index contributed by atoms with van der Waals surface area (Å²) in [6.07, 6.45) is 3.14. The van der Waals surface area contributed by atoms with E-state index in [1.165, 1.54) is 11.3 Å². The first kappa shape index (κ1) is 14.6. The minimum atomic E-state index is -0.0800. The molecule has 1 amide bonds. The number of carbonyl (C=O) groups excluding carboxylic acids is 1. The molecule has 0 unspecified atom stereocenters. The smallest absolute Gasteiger partial charge is 0.266 e. The van der Waals surface area contributed by atoms with E-state index >= 15 is 0 Å². The Bertz CT molecular complexity index is 682. The summed E-state index contributed by atoms with van der Waals surface area (Å²) >= 11 is 7.36. The molecular formula is C15H17ClN2O2S. The number of rotatable bonds is 4. The average Bonchev–Trinajstić information content (AvgIpc) is 2.72. The number of amides is 1. The van der Waals surface area contributed by atoms with Gasteiger partial charge >= 0.3 is 0 Å². The average molecular weight is 325 g/mol. The Morgan fingerprint density at radius 2 is 2.24 bits per heavy atom. The maximum atomic E-state index is 12.8. The SMILES string of the molecule is Nc1c(C(=O)N(CCO)C2CCC2)sc2cc(Cl)ccc12. The molecule has 1 aliphatic rings. The molecule has 1 aromatic carbocycles. The second-order valence-corrected chi connectivity index (χ2v) is 6.78. The molecule has 2 aromatic rings. The van der Waals surface area contributed by atoms with Crippen LogP contribution >= 0.6 is 22.9 Å². The first-order chi connectivity index (χ1) is 10.1. The van der Waals surface area contributed by atoms with Crippen molar-refractivity contribution >= 4 is 44.6 Å². The molecule has 0 atom stereocenters. The van der Waals surface area contributed by atoms with E-state index in [-0.39, 0.29) is 18.6 Å². The molecule has 3 N–H and O–H groups in total. The number of carbonyl (C=O) groups is 1. The van der Waals surface area contributed by atoms with E-state index in [9.17, 15) is 9.90 Å². The Kier molecular flexibility index (Phi) is 4.06. The molecule has 1 saturated carbocycles. The maximum Gasteiger partial charge on any atom is 0.266 e. The summed E-state index contributed by atoms with van der Waals surface area (Å²) in [4.78, 5) is 15.1. The molecule has 4 nitrogen and oxygen atoms in total. The number of nitrogens with zero attached hydrogens (tertiary/aromatic N) is 1. The van der Waals surface area contributed by atoms with Gasteiger partial charge in [-0.15, -0.1) is 11.3 Å². The summed E-state index contributed by atoms with van der Waals surface area (Å²) in [7, 11) is 0. The van der Waals surface area contributed by atoms with Crippen LogP contribution in [-0.4, -0.2) is 35.1 Å². The standard InChI is InChI=1S/C15H17ClN2O2S/c16-9-4-5-11-12(8-9)21-14(13(11)17)15(20)18(6-7-19)10-2-1-3-10/h4-5,8,10,19H,1-3,6-7,17H2. The van der Waals surface area contributed by atoms with E-state index in [1.807, 2.05) is 12.1 Å². The first-order valence-corrected chi connectivity index (χ1v) is 8.20. The van der Waals surface area contributed by atoms with E-state index < -0.39 is 0 Å². The summed E-state index contributed by atoms with van der Waals surface area (Å²) in [5, 5.41) is 10.7. The van der Waals surface area contributed by atoms with Crippen molar-refractivity contribution in [3.8, 4) is 0 Å². The van der Waals surface area contributed by atoms with Crippen LogP contribution in [0.5, 0.6) is 0 Å². The van der Waals surface area contributed by atoms with Gasteiger partial charge in [-0.05, 0) is 37.5 Å². The Morgan fingerprint density at radius 3 is 2.86 bits per heavy atom. The van der Waals surface area contributed by atoms with Gasteiger partial charge in [0.15, 0.2) is 0 Å². The second-order valence-electron chi connectivity index (χ2n) is 5.29. The minimum Gasteiger partial charge on any atom is -0.397 e. The number of thiophene rings is 1. The van der Waals surface area contributed by atoms with Crippen LogP contribution in [0, 0.1) is 0 Å². The Labute approximate surface area is 132 Å². The van der Waals surface area contributed by atoms with E-state index in [2.05, 4.69) is 0 Å². The van der Waals surface area contributed by atoms with Crippen LogP contribution in [0.25, 0.3) is 10.1 Å². The fourth-order valence-corrected chi connectivity index (χ4v) is 3.99. The predicted octanol–water partition coefficient (Wildman–Crippen LogP) is 3.12. The van der Waals surface area contributed by atoms with Gasteiger partial charge in [0.05, 0.1) is 12.3 Å². The summed E-state index contributed by atoms with van der Waals surface area (Å²) < 4.78 is 0.918. The van der Waals surface area contributed by atoms with Gasteiger partial charge in [-0.1, -0.05) is 11.6 Å². The van der Waals surface area contributed by atoms with Crippen LogP contribution in [0.4, 0.5) is 5.69 Å². The number of benzene rings is 1. The van der Waals surface area contributed by atoms with Crippen molar-refractivity contribution in [2.45, 2.75) is 25.3 Å². The summed E-state index contributed by atoms with van der Waals surface area (Å²) in [5.41, 5.74) is 6.65. The molecule has 1 aliphatic carbocycles. The van der Waals surface area contributed by atoms with Gasteiger partial charge < -0.3 is 15.7 Å². The van der Waals surface area contributed by atoms with Crippen molar-refractivity contribution in [3.63, 3.8) is 0 Å². The van der Waals surface area contributed by atoms with Gasteiger partial charge in [0.1, 0.15) is 4.88 Å². The third kappa shape index (κ3) is 2.61. The van der Waals surface area contributed by atoms with Crippen LogP contribution < -0.4 is 5.73 Å². The fraction of sp³-hybridized carbons (Fsp3) is 0.400. The van der Waals surface area contributed by atoms with Crippen molar-refractivity contribution in [1.82, 2.24) is 4.90 Å². The number of nitrogen functional groups attached to an aromatic ring is 1. The molecule has 112 valence electrons. The lowest BCUT2D eigenvalue weighted by Gasteiger charge is -2.37. The van der Waals surface area contributed by atoms with Gasteiger partial charge in [0, 0.05) is 27.7 Å². The highest BCUT2D eigenvalue weighted by atomic mass is 35.5. The molecule has 0 radical (unpaired) electrons. The lowest BCUT2D eigenvalue weighted by Crippen LogP contribution is -2.45. The largest absolute Gasteiger partial charge is 0.397 e. The molecular weight excluding hydrogens is 308 g/mol. The Morgan fingerprint density at radius 1 is 1.48 bits per heavy atom. The topological polar surface area (TPSA) is 66.6 Å². The first-order valence-electron chi connectivity index (χ1n) is 7.01. The summed E-state index contributed by atoms with van der Waals surface area (Å²) in [6.45, 7) is 0.330. The van der Waals surface area contributed by atoms with E-state index in [1.54, 1.807) is 11.0 Å². The molecule has 21 heavy (non-hydrogen) atoms. The zero-order chi connectivity index (χ0) is 15.0. The number of halogens is 1.